The van der Waals surface area contributed by atoms with Crippen LogP contribution < -0.4 is 4.90 Å². The Bertz CT molecular complexity index is 718. The van der Waals surface area contributed by atoms with Crippen molar-refractivity contribution < 1.29 is 22.7 Å². The van der Waals surface area contributed by atoms with Gasteiger partial charge in [-0.2, -0.15) is 13.2 Å². The first kappa shape index (κ1) is 16.3. The predicted molar refractivity (Wildman–Crippen MR) is 83.5 cm³/mol. The Balaban J connectivity index is 1.86. The van der Waals surface area contributed by atoms with Gasteiger partial charge in [-0.1, -0.05) is 28.1 Å². The number of hydrogen-bond donors (Lipinski definition) is 0. The van der Waals surface area contributed by atoms with Crippen LogP contribution in [0.25, 0.3) is 11.3 Å². The molecule has 1 saturated heterocycles. The van der Waals surface area contributed by atoms with Crippen molar-refractivity contribution in [3.05, 3.63) is 34.1 Å². The van der Waals surface area contributed by atoms with E-state index in [2.05, 4.69) is 20.9 Å². The lowest BCUT2D eigenvalue weighted by molar-refractivity contribution is -0.138. The maximum absolute atomic E-state index is 12.6. The fourth-order valence-electron chi connectivity index (χ4n) is 2.24. The lowest BCUT2D eigenvalue weighted by atomic mass is 10.2. The third-order valence-electron chi connectivity index (χ3n) is 3.27. The summed E-state index contributed by atoms with van der Waals surface area (Å²) in [5.41, 5.74) is 1.42. The van der Waals surface area contributed by atoms with Gasteiger partial charge in [-0.3, -0.25) is 0 Å². The number of halogens is 4. The SMILES string of the molecule is O=C1OCC(CC(F)(F)F)N1c1nc(-c2ccc(Br)cc2)cs1. The first-order valence-corrected chi connectivity index (χ1v) is 8.25. The molecule has 4 nitrogen and oxygen atoms in total. The second kappa shape index (κ2) is 6.12. The first-order valence-electron chi connectivity index (χ1n) is 6.58. The molecular formula is C14H10BrF3N2O2S. The average molecular weight is 407 g/mol. The van der Waals surface area contributed by atoms with E-state index in [0.29, 0.717) is 5.69 Å². The summed E-state index contributed by atoms with van der Waals surface area (Å²) in [5, 5.41) is 1.91. The fraction of sp³-hybridized carbons (Fsp3) is 0.286. The van der Waals surface area contributed by atoms with Crippen LogP contribution in [-0.2, 0) is 4.74 Å². The van der Waals surface area contributed by atoms with E-state index in [4.69, 9.17) is 4.74 Å². The number of rotatable bonds is 3. The van der Waals surface area contributed by atoms with E-state index in [1.165, 1.54) is 0 Å². The molecule has 1 aliphatic rings. The second-order valence-corrected chi connectivity index (χ2v) is 6.69. The highest BCUT2D eigenvalue weighted by atomic mass is 79.9. The summed E-state index contributed by atoms with van der Waals surface area (Å²) in [6.07, 6.45) is -6.29. The van der Waals surface area contributed by atoms with Crippen molar-refractivity contribution >= 4 is 38.5 Å². The molecule has 1 aromatic heterocycles. The fourth-order valence-corrected chi connectivity index (χ4v) is 3.40. The van der Waals surface area contributed by atoms with Gasteiger partial charge < -0.3 is 4.74 Å². The van der Waals surface area contributed by atoms with E-state index in [1.54, 1.807) is 5.38 Å². The van der Waals surface area contributed by atoms with Crippen molar-refractivity contribution in [3.8, 4) is 11.3 Å². The summed E-state index contributed by atoms with van der Waals surface area (Å²) in [7, 11) is 0. The molecule has 2 aromatic rings. The lowest BCUT2D eigenvalue weighted by Crippen LogP contribution is -2.36. The maximum Gasteiger partial charge on any atom is 0.416 e. The molecule has 0 radical (unpaired) electrons. The van der Waals surface area contributed by atoms with Gasteiger partial charge in [0.2, 0.25) is 0 Å². The van der Waals surface area contributed by atoms with Crippen LogP contribution in [0.4, 0.5) is 23.1 Å². The number of carbonyl (C=O) groups excluding carboxylic acids is 1. The molecule has 1 fully saturated rings. The van der Waals surface area contributed by atoms with Crippen molar-refractivity contribution in [2.45, 2.75) is 18.6 Å². The van der Waals surface area contributed by atoms with Gasteiger partial charge in [0.05, 0.1) is 18.2 Å². The minimum Gasteiger partial charge on any atom is -0.447 e. The molecule has 0 saturated carbocycles. The van der Waals surface area contributed by atoms with E-state index < -0.39 is 24.7 Å². The molecule has 2 heterocycles. The van der Waals surface area contributed by atoms with Crippen molar-refractivity contribution in [1.29, 1.82) is 0 Å². The quantitative estimate of drug-likeness (QED) is 0.731. The van der Waals surface area contributed by atoms with E-state index in [1.807, 2.05) is 24.3 Å². The zero-order valence-corrected chi connectivity index (χ0v) is 13.9. The minimum absolute atomic E-state index is 0.208. The Labute approximate surface area is 142 Å². The van der Waals surface area contributed by atoms with Gasteiger partial charge in [-0.05, 0) is 12.1 Å². The van der Waals surface area contributed by atoms with Crippen molar-refractivity contribution in [3.63, 3.8) is 0 Å². The highest BCUT2D eigenvalue weighted by Crippen LogP contribution is 2.34. The maximum atomic E-state index is 12.6. The number of nitrogens with zero attached hydrogens (tertiary/aromatic N) is 2. The molecule has 1 amide bonds. The molecule has 3 rings (SSSR count). The second-order valence-electron chi connectivity index (χ2n) is 4.94. The summed E-state index contributed by atoms with van der Waals surface area (Å²) < 4.78 is 43.5. The number of carbonyl (C=O) groups is 1. The van der Waals surface area contributed by atoms with Crippen LogP contribution in [-0.4, -0.2) is 29.9 Å². The number of amides is 1. The summed E-state index contributed by atoms with van der Waals surface area (Å²) in [6.45, 7) is -0.286. The Kier molecular flexibility index (Phi) is 4.33. The summed E-state index contributed by atoms with van der Waals surface area (Å²) in [6, 6.07) is 6.26. The van der Waals surface area contributed by atoms with Crippen molar-refractivity contribution in [2.75, 3.05) is 11.5 Å². The first-order chi connectivity index (χ1) is 10.8. The van der Waals surface area contributed by atoms with Gasteiger partial charge >= 0.3 is 12.3 Å². The number of alkyl halides is 3. The summed E-state index contributed by atoms with van der Waals surface area (Å²) in [5.74, 6) is 0. The van der Waals surface area contributed by atoms with Crippen LogP contribution in [0.3, 0.4) is 0 Å². The van der Waals surface area contributed by atoms with Gasteiger partial charge in [0.15, 0.2) is 5.13 Å². The molecule has 1 atom stereocenters. The summed E-state index contributed by atoms with van der Waals surface area (Å²) in [4.78, 5) is 17.0. The topological polar surface area (TPSA) is 42.4 Å². The smallest absolute Gasteiger partial charge is 0.416 e. The van der Waals surface area contributed by atoms with Crippen LogP contribution in [0.1, 0.15) is 6.42 Å². The Morgan fingerprint density at radius 2 is 2.04 bits per heavy atom. The lowest BCUT2D eigenvalue weighted by Gasteiger charge is -2.19. The molecule has 0 aliphatic carbocycles. The predicted octanol–water partition coefficient (Wildman–Crippen LogP) is 4.85. The van der Waals surface area contributed by atoms with Crippen molar-refractivity contribution in [1.82, 2.24) is 4.98 Å². The molecule has 1 aliphatic heterocycles. The number of anilines is 1. The third kappa shape index (κ3) is 3.66. The number of cyclic esters (lactones) is 1. The van der Waals surface area contributed by atoms with Gasteiger partial charge in [-0.15, -0.1) is 11.3 Å². The Hall–Kier alpha value is -1.61. The Morgan fingerprint density at radius 3 is 2.70 bits per heavy atom. The zero-order chi connectivity index (χ0) is 16.6. The number of thiazole rings is 1. The van der Waals surface area contributed by atoms with E-state index in [-0.39, 0.29) is 11.7 Å². The van der Waals surface area contributed by atoms with Crippen LogP contribution in [0.5, 0.6) is 0 Å². The highest BCUT2D eigenvalue weighted by Gasteiger charge is 2.43. The summed E-state index contributed by atoms with van der Waals surface area (Å²) >= 11 is 4.44. The largest absolute Gasteiger partial charge is 0.447 e. The van der Waals surface area contributed by atoms with Gasteiger partial charge in [-0.25, -0.2) is 14.7 Å². The number of ether oxygens (including phenoxy) is 1. The standard InChI is InChI=1S/C14H10BrF3N2O2S/c15-9-3-1-8(2-4-9)11-7-23-12(19-11)20-10(5-14(16,17)18)6-22-13(20)21/h1-4,7,10H,5-6H2. The van der Waals surface area contributed by atoms with E-state index in [0.717, 1.165) is 26.3 Å². The monoisotopic (exact) mass is 406 g/mol. The van der Waals surface area contributed by atoms with Gasteiger partial charge in [0.25, 0.3) is 0 Å². The highest BCUT2D eigenvalue weighted by molar-refractivity contribution is 9.10. The number of aromatic nitrogens is 1. The molecule has 23 heavy (non-hydrogen) atoms. The van der Waals surface area contributed by atoms with Crippen LogP contribution in [0.15, 0.2) is 34.1 Å². The molecule has 0 N–H and O–H groups in total. The van der Waals surface area contributed by atoms with Crippen LogP contribution in [0.2, 0.25) is 0 Å². The average Bonchev–Trinajstić information content (AvgIpc) is 3.05. The minimum atomic E-state index is -4.37. The van der Waals surface area contributed by atoms with E-state index >= 15 is 0 Å². The van der Waals surface area contributed by atoms with Gasteiger partial charge in [0.1, 0.15) is 6.61 Å². The molecule has 1 unspecified atom stereocenters. The van der Waals surface area contributed by atoms with Crippen LogP contribution >= 0.6 is 27.3 Å². The molecule has 9 heteroatoms. The van der Waals surface area contributed by atoms with Crippen LogP contribution in [0, 0.1) is 0 Å². The third-order valence-corrected chi connectivity index (χ3v) is 4.63. The molecular weight excluding hydrogens is 397 g/mol. The molecule has 122 valence electrons. The molecule has 0 bridgehead atoms. The van der Waals surface area contributed by atoms with Gasteiger partial charge in [0, 0.05) is 15.4 Å². The van der Waals surface area contributed by atoms with E-state index in [9.17, 15) is 18.0 Å². The zero-order valence-electron chi connectivity index (χ0n) is 11.5. The number of benzene rings is 1. The molecule has 1 aromatic carbocycles. The Morgan fingerprint density at radius 1 is 1.35 bits per heavy atom. The molecule has 0 spiro atoms. The van der Waals surface area contributed by atoms with Crippen molar-refractivity contribution in [2.24, 2.45) is 0 Å². The number of hydrogen-bond acceptors (Lipinski definition) is 4. The normalized spacial score (nSPS) is 18.3.